The van der Waals surface area contributed by atoms with Crippen molar-refractivity contribution in [1.29, 1.82) is 0 Å². The summed E-state index contributed by atoms with van der Waals surface area (Å²) in [5.41, 5.74) is -0.0453. The largest absolute Gasteiger partial charge is 0.451 e. The Bertz CT molecular complexity index is 1730. The zero-order valence-electron chi connectivity index (χ0n) is 20.9. The number of carbonyl (C=O) groups is 1. The molecule has 3 aromatic heterocycles. The minimum Gasteiger partial charge on any atom is -0.351 e. The molecule has 0 spiro atoms. The maximum atomic E-state index is 14.8. The van der Waals surface area contributed by atoms with Gasteiger partial charge in [0.05, 0.1) is 17.9 Å². The van der Waals surface area contributed by atoms with E-state index in [1.54, 1.807) is 0 Å². The van der Waals surface area contributed by atoms with Gasteiger partial charge in [-0.1, -0.05) is 0 Å². The molecule has 1 aromatic carbocycles. The van der Waals surface area contributed by atoms with Crippen LogP contribution in [0.15, 0.2) is 53.1 Å². The van der Waals surface area contributed by atoms with Crippen LogP contribution in [0.3, 0.4) is 0 Å². The Labute approximate surface area is 233 Å². The van der Waals surface area contributed by atoms with Crippen LogP contribution in [0.5, 0.6) is 0 Å². The summed E-state index contributed by atoms with van der Waals surface area (Å²) < 4.78 is 109. The molecule has 4 aromatic rings. The summed E-state index contributed by atoms with van der Waals surface area (Å²) >= 11 is 0.851. The minimum absolute atomic E-state index is 0.0214. The van der Waals surface area contributed by atoms with Crippen molar-refractivity contribution < 1.29 is 39.6 Å². The Balaban J connectivity index is 1.36. The summed E-state index contributed by atoms with van der Waals surface area (Å²) in [6, 6.07) is 3.52. The number of hydrogen-bond acceptors (Lipinski definition) is 7. The average Bonchev–Trinajstić information content (AvgIpc) is 3.48. The number of aromatic nitrogens is 3. The number of nitrogens with one attached hydrogen (secondary N) is 1. The van der Waals surface area contributed by atoms with Crippen LogP contribution in [-0.4, -0.2) is 51.8 Å². The van der Waals surface area contributed by atoms with Gasteiger partial charge >= 0.3 is 6.18 Å². The Kier molecular flexibility index (Phi) is 7.50. The van der Waals surface area contributed by atoms with Crippen molar-refractivity contribution >= 4 is 37.4 Å². The molecule has 16 heteroatoms. The Morgan fingerprint density at radius 2 is 1.80 bits per heavy atom. The molecular formula is C25H19F6N5O3S2. The van der Waals surface area contributed by atoms with E-state index in [-0.39, 0.29) is 21.0 Å². The van der Waals surface area contributed by atoms with Crippen molar-refractivity contribution in [2.45, 2.75) is 48.5 Å². The molecule has 41 heavy (non-hydrogen) atoms. The Hall–Kier alpha value is -3.63. The van der Waals surface area contributed by atoms with Crippen LogP contribution in [0.4, 0.5) is 26.3 Å². The second-order valence-corrected chi connectivity index (χ2v) is 12.4. The smallest absolute Gasteiger partial charge is 0.351 e. The average molecular weight is 616 g/mol. The number of carbonyl (C=O) groups excluding carboxylic acids is 1. The minimum atomic E-state index is -4.75. The number of benzene rings is 1. The third-order valence-corrected chi connectivity index (χ3v) is 10.1. The lowest BCUT2D eigenvalue weighted by molar-refractivity contribution is -0.145. The lowest BCUT2D eigenvalue weighted by Gasteiger charge is -2.26. The van der Waals surface area contributed by atoms with Crippen LogP contribution in [0.2, 0.25) is 0 Å². The van der Waals surface area contributed by atoms with Gasteiger partial charge in [0, 0.05) is 41.2 Å². The molecule has 0 bridgehead atoms. The van der Waals surface area contributed by atoms with E-state index in [1.807, 2.05) is 0 Å². The quantitative estimate of drug-likeness (QED) is 0.311. The first kappa shape index (κ1) is 28.9. The van der Waals surface area contributed by atoms with Gasteiger partial charge in [-0.25, -0.2) is 31.6 Å². The van der Waals surface area contributed by atoms with Crippen molar-refractivity contribution in [3.05, 3.63) is 71.9 Å². The van der Waals surface area contributed by atoms with Crippen LogP contribution in [0.1, 0.15) is 24.7 Å². The van der Waals surface area contributed by atoms with Crippen molar-refractivity contribution in [1.82, 2.24) is 24.6 Å². The molecule has 216 valence electrons. The number of alkyl halides is 4. The molecule has 8 nitrogen and oxygen atoms in total. The van der Waals surface area contributed by atoms with E-state index in [9.17, 15) is 39.6 Å². The van der Waals surface area contributed by atoms with Gasteiger partial charge in [0.1, 0.15) is 28.1 Å². The normalized spacial score (nSPS) is 20.0. The fraction of sp³-hybridized carbons (Fsp3) is 0.280. The van der Waals surface area contributed by atoms with E-state index in [2.05, 4.69) is 20.3 Å². The molecule has 0 saturated carbocycles. The third kappa shape index (κ3) is 5.63. The highest BCUT2D eigenvalue weighted by Crippen LogP contribution is 2.38. The van der Waals surface area contributed by atoms with Gasteiger partial charge in [0.25, 0.3) is 10.0 Å². The lowest BCUT2D eigenvalue weighted by Crippen LogP contribution is -2.48. The maximum absolute atomic E-state index is 14.8. The van der Waals surface area contributed by atoms with E-state index >= 15 is 0 Å². The molecular weight excluding hydrogens is 596 g/mol. The van der Waals surface area contributed by atoms with Gasteiger partial charge in [-0.15, -0.1) is 11.3 Å². The standard InChI is InChI=1S/C25H19F6N5O3S2/c1-12-17(27)7-20(36(12)41(38,39)22-6-13-4-16(26)2-3-21(13)40-22)23(37)33-8-14-5-19(32-11-18(14)28)15-9-34-24(35-10-15)25(29,30)31/h2-6,9-12,17,20H,7-8H2,1H3,(H,33,37)/t12-,17+,20-/m0/s1. The molecule has 0 aliphatic carbocycles. The number of hydrogen-bond donors (Lipinski definition) is 1. The predicted molar refractivity (Wildman–Crippen MR) is 136 cm³/mol. The topological polar surface area (TPSA) is 105 Å². The highest BCUT2D eigenvalue weighted by Gasteiger charge is 2.49. The van der Waals surface area contributed by atoms with Crippen molar-refractivity contribution in [3.8, 4) is 11.3 Å². The molecule has 1 saturated heterocycles. The van der Waals surface area contributed by atoms with Crippen LogP contribution in [-0.2, 0) is 27.5 Å². The molecule has 3 atom stereocenters. The molecule has 1 N–H and O–H groups in total. The van der Waals surface area contributed by atoms with Gasteiger partial charge in [-0.05, 0) is 42.6 Å². The maximum Gasteiger partial charge on any atom is 0.451 e. The highest BCUT2D eigenvalue weighted by molar-refractivity contribution is 7.91. The molecule has 1 amide bonds. The first-order chi connectivity index (χ1) is 19.3. The summed E-state index contributed by atoms with van der Waals surface area (Å²) in [4.78, 5) is 23.4. The van der Waals surface area contributed by atoms with E-state index in [4.69, 9.17) is 0 Å². The van der Waals surface area contributed by atoms with E-state index in [0.717, 1.165) is 40.3 Å². The summed E-state index contributed by atoms with van der Waals surface area (Å²) in [5.74, 6) is -3.67. The van der Waals surface area contributed by atoms with Crippen molar-refractivity contribution in [3.63, 3.8) is 0 Å². The summed E-state index contributed by atoms with van der Waals surface area (Å²) in [6.07, 6.45) is -4.34. The van der Waals surface area contributed by atoms with Crippen molar-refractivity contribution in [2.75, 3.05) is 0 Å². The number of sulfonamides is 1. The number of amides is 1. The number of halogens is 6. The first-order valence-electron chi connectivity index (χ1n) is 11.9. The predicted octanol–water partition coefficient (Wildman–Crippen LogP) is 4.86. The SMILES string of the molecule is C[C@H]1[C@H](F)C[C@@H](C(=O)NCc2cc(-c3cnc(C(F)(F)F)nc3)ncc2F)N1S(=O)(=O)c1cc2cc(F)ccc2s1. The molecule has 1 aliphatic heterocycles. The number of pyridine rings is 1. The zero-order chi connectivity index (χ0) is 29.7. The second kappa shape index (κ2) is 10.6. The van der Waals surface area contributed by atoms with Gasteiger partial charge in [0.2, 0.25) is 11.7 Å². The van der Waals surface area contributed by atoms with Crippen LogP contribution in [0.25, 0.3) is 21.3 Å². The molecule has 4 heterocycles. The highest BCUT2D eigenvalue weighted by atomic mass is 32.2. The zero-order valence-corrected chi connectivity index (χ0v) is 22.5. The van der Waals surface area contributed by atoms with Gasteiger partial charge in [-0.3, -0.25) is 9.78 Å². The molecule has 0 radical (unpaired) electrons. The van der Waals surface area contributed by atoms with Crippen LogP contribution in [0, 0.1) is 11.6 Å². The molecule has 5 rings (SSSR count). The van der Waals surface area contributed by atoms with E-state index in [1.165, 1.54) is 31.2 Å². The van der Waals surface area contributed by atoms with Crippen LogP contribution >= 0.6 is 11.3 Å². The molecule has 0 unspecified atom stereocenters. The Morgan fingerprint density at radius 3 is 2.49 bits per heavy atom. The van der Waals surface area contributed by atoms with Crippen molar-refractivity contribution in [2.24, 2.45) is 0 Å². The number of nitrogens with zero attached hydrogens (tertiary/aromatic N) is 4. The summed E-state index contributed by atoms with van der Waals surface area (Å²) in [7, 11) is -4.39. The van der Waals surface area contributed by atoms with E-state index in [0.29, 0.717) is 10.1 Å². The van der Waals surface area contributed by atoms with Gasteiger partial charge < -0.3 is 5.32 Å². The van der Waals surface area contributed by atoms with Gasteiger partial charge in [0.15, 0.2) is 0 Å². The molecule has 1 fully saturated rings. The second-order valence-electron chi connectivity index (χ2n) is 9.26. The number of rotatable bonds is 6. The fourth-order valence-electron chi connectivity index (χ4n) is 4.47. The Morgan fingerprint density at radius 1 is 1.10 bits per heavy atom. The van der Waals surface area contributed by atoms with E-state index < -0.39 is 70.8 Å². The van der Waals surface area contributed by atoms with Crippen LogP contribution < -0.4 is 5.32 Å². The van der Waals surface area contributed by atoms with Gasteiger partial charge in [-0.2, -0.15) is 17.5 Å². The number of fused-ring (bicyclic) bond motifs is 1. The monoisotopic (exact) mass is 615 g/mol. The first-order valence-corrected chi connectivity index (χ1v) is 14.2. The fourth-order valence-corrected chi connectivity index (χ4v) is 7.76. The summed E-state index contributed by atoms with van der Waals surface area (Å²) in [5, 5.41) is 2.75. The lowest BCUT2D eigenvalue weighted by atomic mass is 10.1. The summed E-state index contributed by atoms with van der Waals surface area (Å²) in [6.45, 7) is 0.864. The third-order valence-electron chi connectivity index (χ3n) is 6.56. The molecule has 1 aliphatic rings. The number of thiophene rings is 1.